The van der Waals surface area contributed by atoms with Crippen molar-refractivity contribution < 1.29 is 19.2 Å². The maximum absolute atomic E-state index is 13.9. The Hall–Kier alpha value is -4.60. The van der Waals surface area contributed by atoms with Crippen LogP contribution in [0.3, 0.4) is 0 Å². The Kier molecular flexibility index (Phi) is 9.67. The number of carbonyl (C=O) groups excluding carboxylic acids is 3. The number of benzene rings is 2. The molecule has 10 heteroatoms. The van der Waals surface area contributed by atoms with Gasteiger partial charge in [0.2, 0.25) is 5.65 Å². The first-order valence-corrected chi connectivity index (χ1v) is 14.4. The van der Waals surface area contributed by atoms with E-state index in [9.17, 15) is 14.4 Å². The summed E-state index contributed by atoms with van der Waals surface area (Å²) in [6, 6.07) is 17.0. The second kappa shape index (κ2) is 13.4. The van der Waals surface area contributed by atoms with E-state index in [2.05, 4.69) is 23.8 Å². The molecule has 220 valence electrons. The predicted octanol–water partition coefficient (Wildman–Crippen LogP) is 6.11. The summed E-state index contributed by atoms with van der Waals surface area (Å²) in [5, 5.41) is 0. The minimum Gasteiger partial charge on any atom is -0.314 e. The second-order valence-electron chi connectivity index (χ2n) is 11.0. The quantitative estimate of drug-likeness (QED) is 0.212. The molecule has 0 aliphatic rings. The van der Waals surface area contributed by atoms with Gasteiger partial charge in [-0.05, 0) is 57.9 Å². The third-order valence-corrected chi connectivity index (χ3v) is 6.80. The lowest BCUT2D eigenvalue weighted by Gasteiger charge is -2.34. The standard InChI is InChI=1S/C32H38N6O4/c1-6-8-20-25-35-26-27(33-22-34-28(26)38(25)42-31(41)36(21-9-7-2)32(3,4)5)37(29(39)23-16-12-10-13-17-23)30(40)24-18-14-11-15-19-24/h10-19,22H,6-9,20-21H2,1-5H3. The maximum Gasteiger partial charge on any atom is 0.435 e. The monoisotopic (exact) mass is 570 g/mol. The summed E-state index contributed by atoms with van der Waals surface area (Å²) in [7, 11) is 0. The number of fused-ring (bicyclic) bond motifs is 1. The largest absolute Gasteiger partial charge is 0.435 e. The topological polar surface area (TPSA) is 111 Å². The van der Waals surface area contributed by atoms with Crippen molar-refractivity contribution in [2.75, 3.05) is 11.4 Å². The lowest BCUT2D eigenvalue weighted by atomic mass is 10.1. The first-order chi connectivity index (χ1) is 20.2. The van der Waals surface area contributed by atoms with Crippen molar-refractivity contribution in [3.8, 4) is 0 Å². The lowest BCUT2D eigenvalue weighted by Crippen LogP contribution is -2.49. The van der Waals surface area contributed by atoms with E-state index in [1.165, 1.54) is 11.1 Å². The summed E-state index contributed by atoms with van der Waals surface area (Å²) in [5.41, 5.74) is 0.508. The number of hydrogen-bond acceptors (Lipinski definition) is 7. The molecular formula is C32H38N6O4. The van der Waals surface area contributed by atoms with E-state index in [0.717, 1.165) is 30.6 Å². The Bertz CT molecular complexity index is 1480. The van der Waals surface area contributed by atoms with Gasteiger partial charge in [-0.15, -0.1) is 4.73 Å². The molecule has 4 rings (SSSR count). The minimum absolute atomic E-state index is 0.00825. The molecule has 2 heterocycles. The fourth-order valence-corrected chi connectivity index (χ4v) is 4.51. The Balaban J connectivity index is 1.86. The van der Waals surface area contributed by atoms with Gasteiger partial charge >= 0.3 is 6.09 Å². The van der Waals surface area contributed by atoms with Crippen LogP contribution in [0.1, 0.15) is 86.8 Å². The molecule has 10 nitrogen and oxygen atoms in total. The lowest BCUT2D eigenvalue weighted by molar-refractivity contribution is 0.0601. The molecule has 4 aromatic rings. The first-order valence-electron chi connectivity index (χ1n) is 14.4. The summed E-state index contributed by atoms with van der Waals surface area (Å²) in [6.07, 6.45) is 4.60. The van der Waals surface area contributed by atoms with Gasteiger partial charge in [0.1, 0.15) is 12.2 Å². The third kappa shape index (κ3) is 6.64. The molecule has 0 N–H and O–H groups in total. The molecule has 0 unspecified atom stereocenters. The number of aromatic nitrogens is 4. The molecule has 42 heavy (non-hydrogen) atoms. The summed E-state index contributed by atoms with van der Waals surface area (Å²) < 4.78 is 1.32. The summed E-state index contributed by atoms with van der Waals surface area (Å²) >= 11 is 0. The molecule has 2 aromatic carbocycles. The molecule has 0 radical (unpaired) electrons. The fourth-order valence-electron chi connectivity index (χ4n) is 4.51. The van der Waals surface area contributed by atoms with E-state index in [-0.39, 0.29) is 17.0 Å². The predicted molar refractivity (Wildman–Crippen MR) is 161 cm³/mol. The smallest absolute Gasteiger partial charge is 0.314 e. The van der Waals surface area contributed by atoms with Crippen LogP contribution in [0.2, 0.25) is 0 Å². The number of unbranched alkanes of at least 4 members (excludes halogenated alkanes) is 2. The van der Waals surface area contributed by atoms with Gasteiger partial charge in [-0.3, -0.25) is 9.59 Å². The number of nitrogens with zero attached hydrogens (tertiary/aromatic N) is 6. The third-order valence-electron chi connectivity index (χ3n) is 6.80. The number of imidazole rings is 1. The minimum atomic E-state index is -0.565. The normalized spacial score (nSPS) is 11.4. The van der Waals surface area contributed by atoms with Crippen LogP contribution in [0.25, 0.3) is 11.2 Å². The van der Waals surface area contributed by atoms with Gasteiger partial charge in [0, 0.05) is 29.6 Å². The molecule has 0 atom stereocenters. The number of aryl methyl sites for hydroxylation is 1. The Morgan fingerprint density at radius 3 is 1.93 bits per heavy atom. The van der Waals surface area contributed by atoms with Gasteiger partial charge in [-0.1, -0.05) is 63.1 Å². The summed E-state index contributed by atoms with van der Waals surface area (Å²) in [4.78, 5) is 63.4. The van der Waals surface area contributed by atoms with Crippen LogP contribution in [0.5, 0.6) is 0 Å². The van der Waals surface area contributed by atoms with Crippen molar-refractivity contribution in [2.45, 2.75) is 72.3 Å². The van der Waals surface area contributed by atoms with Crippen LogP contribution < -0.4 is 9.74 Å². The first kappa shape index (κ1) is 30.4. The van der Waals surface area contributed by atoms with Crippen LogP contribution in [0.4, 0.5) is 10.6 Å². The van der Waals surface area contributed by atoms with Crippen LogP contribution in [-0.2, 0) is 6.42 Å². The van der Waals surface area contributed by atoms with Crippen molar-refractivity contribution in [3.63, 3.8) is 0 Å². The highest BCUT2D eigenvalue weighted by Crippen LogP contribution is 2.27. The number of anilines is 1. The van der Waals surface area contributed by atoms with Gasteiger partial charge in [0.25, 0.3) is 11.8 Å². The van der Waals surface area contributed by atoms with Crippen LogP contribution in [-0.4, -0.2) is 54.6 Å². The highest BCUT2D eigenvalue weighted by atomic mass is 16.7. The SMILES string of the molecule is CCCCc1nc2c(N(C(=O)c3ccccc3)C(=O)c3ccccc3)ncnc2n1OC(=O)N(CCCC)C(C)(C)C. The molecule has 0 saturated carbocycles. The van der Waals surface area contributed by atoms with Crippen LogP contribution >= 0.6 is 0 Å². The van der Waals surface area contributed by atoms with E-state index < -0.39 is 23.4 Å². The molecule has 0 saturated heterocycles. The number of amides is 3. The highest BCUT2D eigenvalue weighted by Gasteiger charge is 2.33. The van der Waals surface area contributed by atoms with E-state index in [4.69, 9.17) is 9.82 Å². The zero-order chi connectivity index (χ0) is 30.3. The number of rotatable bonds is 10. The highest BCUT2D eigenvalue weighted by molar-refractivity contribution is 6.27. The molecule has 0 bridgehead atoms. The van der Waals surface area contributed by atoms with Gasteiger partial charge in [0.15, 0.2) is 11.3 Å². The van der Waals surface area contributed by atoms with Crippen molar-refractivity contribution >= 4 is 34.9 Å². The van der Waals surface area contributed by atoms with Crippen molar-refractivity contribution in [2.24, 2.45) is 0 Å². The van der Waals surface area contributed by atoms with Gasteiger partial charge in [-0.25, -0.2) is 24.6 Å². The van der Waals surface area contributed by atoms with Crippen molar-refractivity contribution in [1.29, 1.82) is 0 Å². The zero-order valence-corrected chi connectivity index (χ0v) is 24.9. The van der Waals surface area contributed by atoms with E-state index >= 15 is 0 Å². The molecule has 2 aromatic heterocycles. The van der Waals surface area contributed by atoms with Gasteiger partial charge in [-0.2, -0.15) is 0 Å². The number of imide groups is 1. The molecule has 0 fully saturated rings. The van der Waals surface area contributed by atoms with E-state index in [0.29, 0.717) is 29.9 Å². The molecule has 0 aliphatic heterocycles. The Labute approximate surface area is 246 Å². The average Bonchev–Trinajstić information content (AvgIpc) is 3.34. The van der Waals surface area contributed by atoms with E-state index in [1.54, 1.807) is 65.6 Å². The van der Waals surface area contributed by atoms with Crippen molar-refractivity contribution in [3.05, 3.63) is 83.9 Å². The van der Waals surface area contributed by atoms with E-state index in [1.807, 2.05) is 20.8 Å². The number of hydrogen-bond donors (Lipinski definition) is 0. The molecule has 0 spiro atoms. The Morgan fingerprint density at radius 1 is 0.833 bits per heavy atom. The van der Waals surface area contributed by atoms with Crippen molar-refractivity contribution in [1.82, 2.24) is 24.6 Å². The van der Waals surface area contributed by atoms with Gasteiger partial charge < -0.3 is 9.74 Å². The summed E-state index contributed by atoms with van der Waals surface area (Å²) in [5.74, 6) is -0.673. The average molecular weight is 571 g/mol. The molecule has 0 aliphatic carbocycles. The number of carbonyl (C=O) groups is 3. The second-order valence-corrected chi connectivity index (χ2v) is 11.0. The van der Waals surface area contributed by atoms with Gasteiger partial charge in [0.05, 0.1) is 0 Å². The van der Waals surface area contributed by atoms with Crippen LogP contribution in [0.15, 0.2) is 67.0 Å². The molecule has 3 amide bonds. The zero-order valence-electron chi connectivity index (χ0n) is 24.9. The van der Waals surface area contributed by atoms with Crippen LogP contribution in [0, 0.1) is 0 Å². The maximum atomic E-state index is 13.9. The Morgan fingerprint density at radius 2 is 1.40 bits per heavy atom. The summed E-state index contributed by atoms with van der Waals surface area (Å²) in [6.45, 7) is 10.5. The molecular weight excluding hydrogens is 532 g/mol. The fraction of sp³-hybridized carbons (Fsp3) is 0.375.